The summed E-state index contributed by atoms with van der Waals surface area (Å²) in [6.45, 7) is 4.75. The average Bonchev–Trinajstić information content (AvgIpc) is 4.20. The third-order valence-electron chi connectivity index (χ3n) is 17.6. The molecule has 0 heterocycles. The minimum atomic E-state index is -0.596. The first kappa shape index (κ1) is 46.5. The van der Waals surface area contributed by atoms with E-state index in [9.17, 15) is 0 Å². The molecule has 3 aliphatic rings. The fourth-order valence-corrected chi connectivity index (χ4v) is 14.2. The number of hydrogen-bond donors (Lipinski definition) is 0. The first-order chi connectivity index (χ1) is 39.0. The summed E-state index contributed by atoms with van der Waals surface area (Å²) in [6, 6.07) is 113. The van der Waals surface area contributed by atoms with Gasteiger partial charge in [0.25, 0.3) is 0 Å². The maximum atomic E-state index is 2.48. The second-order valence-corrected chi connectivity index (χ2v) is 21.9. The normalized spacial score (nSPS) is 14.3. The van der Waals surface area contributed by atoms with Crippen LogP contribution < -0.4 is 9.80 Å². The van der Waals surface area contributed by atoms with Crippen molar-refractivity contribution < 1.29 is 0 Å². The summed E-state index contributed by atoms with van der Waals surface area (Å²) in [4.78, 5) is 4.84. The van der Waals surface area contributed by atoms with E-state index < -0.39 is 10.8 Å². The van der Waals surface area contributed by atoms with Gasteiger partial charge in [0.1, 0.15) is 0 Å². The van der Waals surface area contributed by atoms with E-state index in [4.69, 9.17) is 0 Å². The Morgan fingerprint density at radius 1 is 0.215 bits per heavy atom. The molecule has 79 heavy (non-hydrogen) atoms. The lowest BCUT2D eigenvalue weighted by molar-refractivity contribution is 0.623. The Labute approximate surface area is 463 Å². The van der Waals surface area contributed by atoms with Crippen LogP contribution in [0.2, 0.25) is 0 Å². The Kier molecular flexibility index (Phi) is 10.7. The van der Waals surface area contributed by atoms with Gasteiger partial charge >= 0.3 is 0 Å². The summed E-state index contributed by atoms with van der Waals surface area (Å²) in [5.41, 5.74) is 25.8. The predicted molar refractivity (Wildman–Crippen MR) is 328 cm³/mol. The molecule has 15 rings (SSSR count). The molecule has 0 saturated heterocycles. The second-order valence-electron chi connectivity index (χ2n) is 21.9. The first-order valence-corrected chi connectivity index (χ1v) is 27.7. The van der Waals surface area contributed by atoms with Crippen molar-refractivity contribution in [2.75, 3.05) is 9.80 Å². The largest absolute Gasteiger partial charge is 0.311 e. The average molecular weight is 1010 g/mol. The third kappa shape index (κ3) is 6.90. The number of rotatable bonds is 9. The van der Waals surface area contributed by atoms with E-state index in [2.05, 4.69) is 327 Å². The molecule has 2 nitrogen and oxygen atoms in total. The molecule has 0 amide bonds. The number of para-hydroxylation sites is 1. The Morgan fingerprint density at radius 2 is 0.557 bits per heavy atom. The zero-order valence-electron chi connectivity index (χ0n) is 44.3. The van der Waals surface area contributed by atoms with Gasteiger partial charge in [0.2, 0.25) is 0 Å². The van der Waals surface area contributed by atoms with Gasteiger partial charge in [-0.15, -0.1) is 0 Å². The van der Waals surface area contributed by atoms with Crippen molar-refractivity contribution in [2.24, 2.45) is 0 Å². The molecule has 0 atom stereocenters. The molecular weight excluding hydrogens is 953 g/mol. The lowest BCUT2D eigenvalue weighted by Crippen LogP contribution is -2.44. The summed E-state index contributed by atoms with van der Waals surface area (Å²) in [5, 5.41) is 0. The van der Waals surface area contributed by atoms with Crippen LogP contribution in [-0.2, 0) is 16.2 Å². The molecule has 374 valence electrons. The van der Waals surface area contributed by atoms with Crippen LogP contribution in [0, 0.1) is 0 Å². The summed E-state index contributed by atoms with van der Waals surface area (Å²) in [7, 11) is 0. The maximum absolute atomic E-state index is 2.48. The molecular formula is C77H56N2. The van der Waals surface area contributed by atoms with Crippen molar-refractivity contribution in [3.8, 4) is 33.4 Å². The zero-order chi connectivity index (χ0) is 52.7. The van der Waals surface area contributed by atoms with Crippen LogP contribution in [0.1, 0.15) is 69.5 Å². The SMILES string of the molecule is CC1(C)c2ccccc2-c2ccc(N(c3ccc(N(c4ccccc4)c4ccc(-c5ccccc5)cc4)cc3)c3ccc4c(c3)-c3ccccc3C43c4ccccc4C(c4ccccc4)(c4ccccc4)c4ccccc43)cc21. The molecule has 12 aromatic rings. The Morgan fingerprint density at radius 3 is 1.11 bits per heavy atom. The fourth-order valence-electron chi connectivity index (χ4n) is 14.2. The van der Waals surface area contributed by atoms with E-state index in [1.165, 1.54) is 89.0 Å². The molecule has 0 bridgehead atoms. The van der Waals surface area contributed by atoms with Crippen molar-refractivity contribution >= 4 is 34.1 Å². The standard InChI is InChI=1S/C77H56N2/c1-75(2)67-33-17-15-31-63(67)65-49-47-62(52-74(65)75)79(60-45-43-59(44-46-60)78(57-29-13-6-14-30-57)58-41-39-54(40-42-58)53-23-7-3-8-24-53)61-48-50-69-66(51-61)64-32-16-18-34-68(64)77(69)72-37-21-19-35-70(72)76(55-25-9-4-10-26-55,56-27-11-5-12-28-56)71-36-20-22-38-73(71)77/h3-52H,1-2H3. The van der Waals surface area contributed by atoms with Crippen LogP contribution in [0.3, 0.4) is 0 Å². The van der Waals surface area contributed by atoms with Crippen LogP contribution in [0.4, 0.5) is 34.1 Å². The topological polar surface area (TPSA) is 6.48 Å². The van der Waals surface area contributed by atoms with Crippen molar-refractivity contribution in [3.63, 3.8) is 0 Å². The Hall–Kier alpha value is -9.76. The second kappa shape index (κ2) is 18.2. The molecule has 0 unspecified atom stereocenters. The van der Waals surface area contributed by atoms with Gasteiger partial charge in [-0.2, -0.15) is 0 Å². The first-order valence-electron chi connectivity index (χ1n) is 27.7. The third-order valence-corrected chi connectivity index (χ3v) is 17.6. The fraction of sp³-hybridized carbons (Fsp3) is 0.0649. The Bertz CT molecular complexity index is 4170. The number of hydrogen-bond acceptors (Lipinski definition) is 2. The van der Waals surface area contributed by atoms with Gasteiger partial charge in [-0.25, -0.2) is 0 Å². The highest BCUT2D eigenvalue weighted by atomic mass is 15.2. The highest BCUT2D eigenvalue weighted by Gasteiger charge is 2.56. The summed E-state index contributed by atoms with van der Waals surface area (Å²) < 4.78 is 0. The molecule has 1 spiro atoms. The van der Waals surface area contributed by atoms with Gasteiger partial charge < -0.3 is 9.80 Å². The number of nitrogens with zero attached hydrogens (tertiary/aromatic N) is 2. The summed E-state index contributed by atoms with van der Waals surface area (Å²) in [6.07, 6.45) is 0. The summed E-state index contributed by atoms with van der Waals surface area (Å²) in [5.74, 6) is 0. The molecule has 12 aromatic carbocycles. The van der Waals surface area contributed by atoms with Gasteiger partial charge in [-0.1, -0.05) is 244 Å². The molecule has 0 aliphatic heterocycles. The number of fused-ring (bicyclic) bond motifs is 12. The van der Waals surface area contributed by atoms with Crippen LogP contribution in [0.15, 0.2) is 303 Å². The molecule has 2 heteroatoms. The molecule has 0 saturated carbocycles. The van der Waals surface area contributed by atoms with Crippen molar-refractivity contribution in [1.82, 2.24) is 0 Å². The predicted octanol–water partition coefficient (Wildman–Crippen LogP) is 19.7. The van der Waals surface area contributed by atoms with Gasteiger partial charge in [0.15, 0.2) is 0 Å². The Balaban J connectivity index is 0.924. The van der Waals surface area contributed by atoms with E-state index in [1.54, 1.807) is 0 Å². The van der Waals surface area contributed by atoms with Gasteiger partial charge in [0.05, 0.1) is 10.8 Å². The lowest BCUT2D eigenvalue weighted by atomic mass is 9.51. The minimum absolute atomic E-state index is 0.177. The van der Waals surface area contributed by atoms with Crippen molar-refractivity contribution in [1.29, 1.82) is 0 Å². The smallest absolute Gasteiger partial charge is 0.0720 e. The molecule has 0 N–H and O–H groups in total. The highest BCUT2D eigenvalue weighted by Crippen LogP contribution is 2.65. The van der Waals surface area contributed by atoms with E-state index >= 15 is 0 Å². The van der Waals surface area contributed by atoms with Gasteiger partial charge in [-0.3, -0.25) is 0 Å². The molecule has 0 aromatic heterocycles. The van der Waals surface area contributed by atoms with Gasteiger partial charge in [-0.05, 0) is 162 Å². The van der Waals surface area contributed by atoms with E-state index in [0.29, 0.717) is 0 Å². The van der Waals surface area contributed by atoms with Crippen molar-refractivity contribution in [3.05, 3.63) is 359 Å². The van der Waals surface area contributed by atoms with Crippen LogP contribution in [-0.4, -0.2) is 0 Å². The maximum Gasteiger partial charge on any atom is 0.0720 e. The lowest BCUT2D eigenvalue weighted by Gasteiger charge is -2.50. The highest BCUT2D eigenvalue weighted by molar-refractivity contribution is 5.94. The minimum Gasteiger partial charge on any atom is -0.311 e. The number of benzene rings is 12. The van der Waals surface area contributed by atoms with Crippen LogP contribution in [0.5, 0.6) is 0 Å². The van der Waals surface area contributed by atoms with E-state index in [-0.39, 0.29) is 5.41 Å². The van der Waals surface area contributed by atoms with E-state index in [0.717, 1.165) is 34.1 Å². The van der Waals surface area contributed by atoms with Gasteiger partial charge in [0, 0.05) is 39.5 Å². The molecule has 0 radical (unpaired) electrons. The van der Waals surface area contributed by atoms with Crippen LogP contribution >= 0.6 is 0 Å². The molecule has 3 aliphatic carbocycles. The number of anilines is 6. The quantitative estimate of drug-likeness (QED) is 0.142. The molecule has 0 fully saturated rings. The van der Waals surface area contributed by atoms with E-state index in [1.807, 2.05) is 0 Å². The summed E-state index contributed by atoms with van der Waals surface area (Å²) >= 11 is 0. The van der Waals surface area contributed by atoms with Crippen molar-refractivity contribution in [2.45, 2.75) is 30.1 Å². The zero-order valence-corrected chi connectivity index (χ0v) is 44.3. The monoisotopic (exact) mass is 1010 g/mol. The van der Waals surface area contributed by atoms with Crippen LogP contribution in [0.25, 0.3) is 33.4 Å².